The molecule has 0 aliphatic heterocycles. The van der Waals surface area contributed by atoms with Gasteiger partial charge in [0.1, 0.15) is 12.7 Å². The standard InChI is InChI=1S/C23H19F3N4O2.C23H19F3N4O/c1-32-22(23(24,25)26)17-6-8-19(9-7-17)29-21(31)12-15-2-4-16(5-3-15)18-10-11-30-20(13-18)27-14-28-30;1-15(23(24,25)26)17-6-8-20(9-7-17)29-22(31)12-16-2-4-18(5-3-16)19-10-11-30-21(13-19)27-14-28-30/h2-11,13-14,22H,12H2,1H3,(H,29,31);2-11,13-15H,12H2,1H3,(H,29,31). The van der Waals surface area contributed by atoms with Gasteiger partial charge in [-0.3, -0.25) is 9.59 Å². The highest BCUT2D eigenvalue weighted by atomic mass is 19.4. The smallest absolute Gasteiger partial charge is 0.367 e. The molecule has 11 nitrogen and oxygen atoms in total. The van der Waals surface area contributed by atoms with Crippen LogP contribution in [0.15, 0.2) is 146 Å². The van der Waals surface area contributed by atoms with E-state index in [0.717, 1.165) is 58.7 Å². The first-order chi connectivity index (χ1) is 30.1. The number of carbonyl (C=O) groups excluding carboxylic acids is 2. The molecular weight excluding hydrogens is 827 g/mol. The van der Waals surface area contributed by atoms with E-state index in [9.17, 15) is 35.9 Å². The lowest BCUT2D eigenvalue weighted by atomic mass is 10.0. The van der Waals surface area contributed by atoms with E-state index in [4.69, 9.17) is 0 Å². The molecule has 0 aliphatic rings. The number of benzene rings is 4. The quantitative estimate of drug-likeness (QED) is 0.124. The lowest BCUT2D eigenvalue weighted by molar-refractivity contribution is -0.216. The number of aromatic nitrogens is 6. The van der Waals surface area contributed by atoms with Crippen molar-refractivity contribution in [1.29, 1.82) is 0 Å². The SMILES string of the molecule is CC(c1ccc(NC(=O)Cc2ccc(-c3ccn4ncnc4c3)cc2)cc1)C(F)(F)F.COC(c1ccc(NC(=O)Cc2ccc(-c3ccn4ncnc4c3)cc2)cc1)C(F)(F)F. The van der Waals surface area contributed by atoms with Crippen LogP contribution in [0.5, 0.6) is 0 Å². The van der Waals surface area contributed by atoms with Gasteiger partial charge in [0.05, 0.1) is 18.8 Å². The molecule has 4 heterocycles. The molecule has 0 saturated carbocycles. The summed E-state index contributed by atoms with van der Waals surface area (Å²) in [5.41, 5.74) is 8.06. The summed E-state index contributed by atoms with van der Waals surface area (Å²) in [5, 5.41) is 13.6. The zero-order valence-corrected chi connectivity index (χ0v) is 33.6. The fourth-order valence-corrected chi connectivity index (χ4v) is 6.64. The zero-order valence-electron chi connectivity index (χ0n) is 33.6. The molecule has 322 valence electrons. The van der Waals surface area contributed by atoms with Gasteiger partial charge in [0.15, 0.2) is 17.4 Å². The molecule has 8 aromatic rings. The second kappa shape index (κ2) is 18.7. The van der Waals surface area contributed by atoms with Gasteiger partial charge in [-0.15, -0.1) is 0 Å². The topological polar surface area (TPSA) is 128 Å². The number of hydrogen-bond acceptors (Lipinski definition) is 7. The molecule has 2 unspecified atom stereocenters. The van der Waals surface area contributed by atoms with E-state index in [-0.39, 0.29) is 35.8 Å². The molecule has 2 N–H and O–H groups in total. The molecule has 8 rings (SSSR count). The minimum Gasteiger partial charge on any atom is -0.367 e. The van der Waals surface area contributed by atoms with Crippen LogP contribution in [0.25, 0.3) is 33.5 Å². The number of pyridine rings is 2. The van der Waals surface area contributed by atoms with E-state index in [1.807, 2.05) is 85.2 Å². The maximum atomic E-state index is 12.9. The van der Waals surface area contributed by atoms with Crippen molar-refractivity contribution < 1.29 is 40.7 Å². The first-order valence-electron chi connectivity index (χ1n) is 19.4. The van der Waals surface area contributed by atoms with Crippen LogP contribution in [-0.2, 0) is 27.2 Å². The van der Waals surface area contributed by atoms with Gasteiger partial charge in [-0.2, -0.15) is 36.5 Å². The highest BCUT2D eigenvalue weighted by molar-refractivity contribution is 5.93. The van der Waals surface area contributed by atoms with Gasteiger partial charge in [-0.25, -0.2) is 19.0 Å². The third kappa shape index (κ3) is 11.1. The number of alkyl halides is 6. The van der Waals surface area contributed by atoms with E-state index in [2.05, 4.69) is 35.5 Å². The summed E-state index contributed by atoms with van der Waals surface area (Å²) >= 11 is 0. The lowest BCUT2D eigenvalue weighted by Gasteiger charge is -2.19. The number of anilines is 2. The van der Waals surface area contributed by atoms with Gasteiger partial charge in [0, 0.05) is 30.9 Å². The highest BCUT2D eigenvalue weighted by Crippen LogP contribution is 2.36. The van der Waals surface area contributed by atoms with Crippen molar-refractivity contribution in [3.63, 3.8) is 0 Å². The summed E-state index contributed by atoms with van der Waals surface area (Å²) in [6, 6.07) is 34.0. The summed E-state index contributed by atoms with van der Waals surface area (Å²) in [7, 11) is 1.01. The average Bonchev–Trinajstić information content (AvgIpc) is 3.94. The molecule has 17 heteroatoms. The maximum absolute atomic E-state index is 12.9. The fraction of sp³-hybridized carbons (Fsp3) is 0.174. The predicted molar refractivity (Wildman–Crippen MR) is 225 cm³/mol. The first kappa shape index (κ1) is 43.7. The normalized spacial score (nSPS) is 12.6. The number of nitrogens with one attached hydrogen (secondary N) is 2. The molecule has 0 fully saturated rings. The Morgan fingerprint density at radius 3 is 1.37 bits per heavy atom. The molecule has 2 amide bonds. The Hall–Kier alpha value is -7.40. The zero-order chi connectivity index (χ0) is 44.7. The summed E-state index contributed by atoms with van der Waals surface area (Å²) in [6.45, 7) is 1.11. The highest BCUT2D eigenvalue weighted by Gasteiger charge is 2.41. The van der Waals surface area contributed by atoms with Gasteiger partial charge < -0.3 is 15.4 Å². The predicted octanol–water partition coefficient (Wildman–Crippen LogP) is 10.1. The van der Waals surface area contributed by atoms with Crippen LogP contribution in [0.1, 0.15) is 41.2 Å². The van der Waals surface area contributed by atoms with Crippen LogP contribution >= 0.6 is 0 Å². The minimum atomic E-state index is -4.51. The summed E-state index contributed by atoms with van der Waals surface area (Å²) in [4.78, 5) is 33.0. The molecule has 0 aliphatic carbocycles. The van der Waals surface area contributed by atoms with Gasteiger partial charge >= 0.3 is 12.4 Å². The second-order valence-electron chi connectivity index (χ2n) is 14.5. The number of nitrogens with zero attached hydrogens (tertiary/aromatic N) is 6. The Morgan fingerprint density at radius 2 is 0.984 bits per heavy atom. The number of hydrogen-bond donors (Lipinski definition) is 2. The Balaban J connectivity index is 0.000000189. The number of methoxy groups -OCH3 is 1. The van der Waals surface area contributed by atoms with Crippen molar-refractivity contribution in [3.05, 3.63) is 169 Å². The summed E-state index contributed by atoms with van der Waals surface area (Å²) < 4.78 is 85.1. The maximum Gasteiger partial charge on any atom is 0.418 e. The van der Waals surface area contributed by atoms with Crippen molar-refractivity contribution in [3.8, 4) is 22.3 Å². The van der Waals surface area contributed by atoms with E-state index in [1.165, 1.54) is 61.2 Å². The minimum absolute atomic E-state index is 0.0297. The number of amides is 2. The monoisotopic (exact) mass is 864 g/mol. The molecule has 2 atom stereocenters. The molecule has 4 aromatic heterocycles. The Morgan fingerprint density at radius 1 is 0.571 bits per heavy atom. The second-order valence-corrected chi connectivity index (χ2v) is 14.5. The van der Waals surface area contributed by atoms with Crippen LogP contribution < -0.4 is 10.6 Å². The summed E-state index contributed by atoms with van der Waals surface area (Å²) in [5.74, 6) is -2.06. The van der Waals surface area contributed by atoms with Crippen molar-refractivity contribution in [2.45, 2.75) is 44.1 Å². The molecular formula is C46H38F6N8O3. The van der Waals surface area contributed by atoms with E-state index in [1.54, 1.807) is 9.03 Å². The number of carbonyl (C=O) groups is 2. The number of fused-ring (bicyclic) bond motifs is 2. The third-order valence-corrected chi connectivity index (χ3v) is 10.1. The van der Waals surface area contributed by atoms with Gasteiger partial charge in [0.25, 0.3) is 0 Å². The van der Waals surface area contributed by atoms with Crippen LogP contribution in [-0.4, -0.2) is 60.5 Å². The molecule has 4 aromatic carbocycles. The first-order valence-corrected chi connectivity index (χ1v) is 19.4. The molecule has 0 spiro atoms. The van der Waals surface area contributed by atoms with Gasteiger partial charge in [-0.1, -0.05) is 72.8 Å². The lowest BCUT2D eigenvalue weighted by Crippen LogP contribution is -2.22. The largest absolute Gasteiger partial charge is 0.418 e. The van der Waals surface area contributed by atoms with Crippen LogP contribution in [0.2, 0.25) is 0 Å². The molecule has 0 radical (unpaired) electrons. The van der Waals surface area contributed by atoms with Crippen molar-refractivity contribution >= 4 is 34.5 Å². The van der Waals surface area contributed by atoms with Crippen molar-refractivity contribution in [2.24, 2.45) is 0 Å². The van der Waals surface area contributed by atoms with Crippen LogP contribution in [0.3, 0.4) is 0 Å². The van der Waals surface area contributed by atoms with E-state index < -0.39 is 24.4 Å². The van der Waals surface area contributed by atoms with Crippen LogP contribution in [0.4, 0.5) is 37.7 Å². The van der Waals surface area contributed by atoms with Gasteiger partial charge in [-0.05, 0) is 100.0 Å². The van der Waals surface area contributed by atoms with Gasteiger partial charge in [0.2, 0.25) is 11.8 Å². The molecule has 0 bridgehead atoms. The number of ether oxygens (including phenoxy) is 1. The Kier molecular flexibility index (Phi) is 13.0. The Labute approximate surface area is 356 Å². The van der Waals surface area contributed by atoms with E-state index >= 15 is 0 Å². The average molecular weight is 865 g/mol. The Bertz CT molecular complexity index is 2810. The van der Waals surface area contributed by atoms with E-state index in [0.29, 0.717) is 11.4 Å². The fourth-order valence-electron chi connectivity index (χ4n) is 6.64. The molecule has 63 heavy (non-hydrogen) atoms. The van der Waals surface area contributed by atoms with Crippen LogP contribution in [0, 0.1) is 0 Å². The third-order valence-electron chi connectivity index (χ3n) is 10.1. The number of rotatable bonds is 11. The summed E-state index contributed by atoms with van der Waals surface area (Å²) in [6.07, 6.45) is -3.88. The van der Waals surface area contributed by atoms with Crippen molar-refractivity contribution in [1.82, 2.24) is 29.2 Å². The number of halogens is 6. The van der Waals surface area contributed by atoms with Crippen molar-refractivity contribution in [2.75, 3.05) is 17.7 Å². The molecule has 0 saturated heterocycles.